The van der Waals surface area contributed by atoms with Gasteiger partial charge in [0.2, 0.25) is 5.88 Å². The van der Waals surface area contributed by atoms with Gasteiger partial charge in [0.1, 0.15) is 5.75 Å². The van der Waals surface area contributed by atoms with Crippen LogP contribution in [0.15, 0.2) is 66.9 Å². The second-order valence-corrected chi connectivity index (χ2v) is 5.64. The molecule has 1 N–H and O–H groups in total. The number of ether oxygens (including phenoxy) is 1. The molecule has 1 heterocycles. The molecule has 0 aliphatic rings. The number of hydrogen-bond donors (Lipinski definition) is 1. The van der Waals surface area contributed by atoms with Crippen LogP contribution in [0.4, 0.5) is 5.69 Å². The second-order valence-electron chi connectivity index (χ2n) is 4.85. The van der Waals surface area contributed by atoms with Crippen molar-refractivity contribution in [3.8, 4) is 11.6 Å². The number of benzene rings is 2. The fourth-order valence-corrected chi connectivity index (χ4v) is 2.42. The van der Waals surface area contributed by atoms with Crippen molar-refractivity contribution in [2.24, 2.45) is 0 Å². The minimum absolute atomic E-state index is 0.214. The molecular weight excluding hydrogens is 347 g/mol. The summed E-state index contributed by atoms with van der Waals surface area (Å²) in [6.07, 6.45) is 1.55. The molecule has 0 bridgehead atoms. The van der Waals surface area contributed by atoms with Gasteiger partial charge in [0.25, 0.3) is 5.91 Å². The number of nitrogens with zero attached hydrogens (tertiary/aromatic N) is 1. The zero-order chi connectivity index (χ0) is 16.9. The first-order chi connectivity index (χ1) is 11.6. The Labute approximate surface area is 149 Å². The van der Waals surface area contributed by atoms with Crippen molar-refractivity contribution < 1.29 is 9.53 Å². The van der Waals surface area contributed by atoms with Crippen molar-refractivity contribution in [2.75, 3.05) is 5.32 Å². The van der Waals surface area contributed by atoms with Crippen LogP contribution in [0.1, 0.15) is 10.4 Å². The summed E-state index contributed by atoms with van der Waals surface area (Å²) in [7, 11) is 0. The summed E-state index contributed by atoms with van der Waals surface area (Å²) in [6.45, 7) is 0. The largest absolute Gasteiger partial charge is 0.439 e. The van der Waals surface area contributed by atoms with Crippen molar-refractivity contribution >= 4 is 34.8 Å². The van der Waals surface area contributed by atoms with Crippen molar-refractivity contribution in [2.45, 2.75) is 0 Å². The third-order valence-electron chi connectivity index (χ3n) is 3.15. The predicted octanol–water partition coefficient (Wildman–Crippen LogP) is 5.43. The number of halogens is 2. The van der Waals surface area contributed by atoms with E-state index in [-0.39, 0.29) is 10.9 Å². The monoisotopic (exact) mass is 358 g/mol. The molecule has 6 heteroatoms. The summed E-state index contributed by atoms with van der Waals surface area (Å²) in [5, 5.41) is 3.29. The molecule has 24 heavy (non-hydrogen) atoms. The van der Waals surface area contributed by atoms with E-state index in [0.717, 1.165) is 0 Å². The van der Waals surface area contributed by atoms with Gasteiger partial charge in [0, 0.05) is 18.0 Å². The minimum atomic E-state index is -0.362. The Bertz CT molecular complexity index is 870. The maximum atomic E-state index is 12.3. The summed E-state index contributed by atoms with van der Waals surface area (Å²) in [5.74, 6) is 0.668. The summed E-state index contributed by atoms with van der Waals surface area (Å²) >= 11 is 12.0. The molecule has 0 aliphatic heterocycles. The van der Waals surface area contributed by atoms with Gasteiger partial charge in [-0.1, -0.05) is 47.5 Å². The van der Waals surface area contributed by atoms with Crippen LogP contribution in [0.3, 0.4) is 0 Å². The van der Waals surface area contributed by atoms with Gasteiger partial charge in [-0.05, 0) is 30.3 Å². The molecule has 0 radical (unpaired) electrons. The molecule has 0 aliphatic carbocycles. The van der Waals surface area contributed by atoms with E-state index in [1.165, 1.54) is 0 Å². The maximum absolute atomic E-state index is 12.3. The molecule has 1 aromatic heterocycles. The van der Waals surface area contributed by atoms with E-state index in [1.54, 1.807) is 36.5 Å². The van der Waals surface area contributed by atoms with Crippen molar-refractivity contribution in [1.29, 1.82) is 0 Å². The lowest BCUT2D eigenvalue weighted by Gasteiger charge is -2.09. The Balaban J connectivity index is 1.77. The molecule has 0 atom stereocenters. The average Bonchev–Trinajstić information content (AvgIpc) is 2.58. The van der Waals surface area contributed by atoms with E-state index < -0.39 is 0 Å². The lowest BCUT2D eigenvalue weighted by molar-refractivity contribution is 0.102. The van der Waals surface area contributed by atoms with Crippen LogP contribution in [0.5, 0.6) is 11.6 Å². The zero-order valence-electron chi connectivity index (χ0n) is 12.4. The summed E-state index contributed by atoms with van der Waals surface area (Å²) in [6, 6.07) is 17.4. The number of hydrogen-bond acceptors (Lipinski definition) is 3. The van der Waals surface area contributed by atoms with Crippen LogP contribution in [0, 0.1) is 0 Å². The number of anilines is 1. The lowest BCUT2D eigenvalue weighted by Crippen LogP contribution is -2.12. The SMILES string of the molecule is O=C(Nc1ccnc(Oc2ccccc2)c1)c1cccc(Cl)c1Cl. The van der Waals surface area contributed by atoms with Crippen LogP contribution in [-0.2, 0) is 0 Å². The molecule has 0 unspecified atom stereocenters. The maximum Gasteiger partial charge on any atom is 0.257 e. The van der Waals surface area contributed by atoms with Crippen LogP contribution >= 0.6 is 23.2 Å². The number of pyridine rings is 1. The molecule has 3 rings (SSSR count). The number of aromatic nitrogens is 1. The molecule has 0 saturated heterocycles. The fraction of sp³-hybridized carbons (Fsp3) is 0. The lowest BCUT2D eigenvalue weighted by atomic mass is 10.2. The number of carbonyl (C=O) groups is 1. The predicted molar refractivity (Wildman–Crippen MR) is 95.2 cm³/mol. The minimum Gasteiger partial charge on any atom is -0.439 e. The van der Waals surface area contributed by atoms with E-state index in [1.807, 2.05) is 30.3 Å². The Kier molecular flexibility index (Phi) is 4.99. The number of rotatable bonds is 4. The molecule has 1 amide bonds. The van der Waals surface area contributed by atoms with Crippen molar-refractivity contribution in [3.05, 3.63) is 82.5 Å². The third kappa shape index (κ3) is 3.85. The number of carbonyl (C=O) groups excluding carboxylic acids is 1. The van der Waals surface area contributed by atoms with Crippen LogP contribution in [0.2, 0.25) is 10.0 Å². The van der Waals surface area contributed by atoms with Gasteiger partial charge in [0.15, 0.2) is 0 Å². The van der Waals surface area contributed by atoms with E-state index in [9.17, 15) is 4.79 Å². The highest BCUT2D eigenvalue weighted by Gasteiger charge is 2.13. The highest BCUT2D eigenvalue weighted by atomic mass is 35.5. The van der Waals surface area contributed by atoms with E-state index in [2.05, 4.69) is 10.3 Å². The molecule has 4 nitrogen and oxygen atoms in total. The van der Waals surface area contributed by atoms with Gasteiger partial charge in [-0.2, -0.15) is 0 Å². The Morgan fingerprint density at radius 1 is 1.00 bits per heavy atom. The second kappa shape index (κ2) is 7.34. The smallest absolute Gasteiger partial charge is 0.257 e. The first-order valence-electron chi connectivity index (χ1n) is 7.08. The molecular formula is C18H12Cl2N2O2. The Morgan fingerprint density at radius 3 is 2.58 bits per heavy atom. The van der Waals surface area contributed by atoms with Crippen LogP contribution < -0.4 is 10.1 Å². The number of para-hydroxylation sites is 1. The molecule has 0 fully saturated rings. The molecule has 2 aromatic carbocycles. The topological polar surface area (TPSA) is 51.2 Å². The van der Waals surface area contributed by atoms with Gasteiger partial charge in [-0.25, -0.2) is 4.98 Å². The first-order valence-corrected chi connectivity index (χ1v) is 7.83. The standard InChI is InChI=1S/C18H12Cl2N2O2/c19-15-8-4-7-14(17(15)20)18(23)22-12-9-10-21-16(11-12)24-13-5-2-1-3-6-13/h1-11H,(H,21,22,23). The van der Waals surface area contributed by atoms with Crippen LogP contribution in [-0.4, -0.2) is 10.9 Å². The number of nitrogens with one attached hydrogen (secondary N) is 1. The first kappa shape index (κ1) is 16.3. The summed E-state index contributed by atoms with van der Waals surface area (Å²) in [4.78, 5) is 16.5. The van der Waals surface area contributed by atoms with Crippen molar-refractivity contribution in [3.63, 3.8) is 0 Å². The summed E-state index contributed by atoms with van der Waals surface area (Å²) < 4.78 is 5.64. The van der Waals surface area contributed by atoms with E-state index in [4.69, 9.17) is 27.9 Å². The highest BCUT2D eigenvalue weighted by molar-refractivity contribution is 6.44. The van der Waals surface area contributed by atoms with Gasteiger partial charge in [-0.15, -0.1) is 0 Å². The van der Waals surface area contributed by atoms with Gasteiger partial charge >= 0.3 is 0 Å². The summed E-state index contributed by atoms with van der Waals surface area (Å²) in [5.41, 5.74) is 0.837. The van der Waals surface area contributed by atoms with Gasteiger partial charge < -0.3 is 10.1 Å². The fourth-order valence-electron chi connectivity index (χ4n) is 2.03. The molecule has 0 saturated carbocycles. The number of amides is 1. The molecule has 3 aromatic rings. The Hall–Kier alpha value is -2.56. The molecule has 120 valence electrons. The van der Waals surface area contributed by atoms with E-state index >= 15 is 0 Å². The average molecular weight is 359 g/mol. The normalized spacial score (nSPS) is 10.2. The quantitative estimate of drug-likeness (QED) is 0.676. The zero-order valence-corrected chi connectivity index (χ0v) is 13.9. The van der Waals surface area contributed by atoms with E-state index in [0.29, 0.717) is 27.9 Å². The van der Waals surface area contributed by atoms with Crippen LogP contribution in [0.25, 0.3) is 0 Å². The highest BCUT2D eigenvalue weighted by Crippen LogP contribution is 2.27. The third-order valence-corrected chi connectivity index (χ3v) is 3.97. The van der Waals surface area contributed by atoms with Crippen molar-refractivity contribution in [1.82, 2.24) is 4.98 Å². The molecule has 0 spiro atoms. The Morgan fingerprint density at radius 2 is 1.79 bits per heavy atom. The van der Waals surface area contributed by atoms with Gasteiger partial charge in [0.05, 0.1) is 15.6 Å². The van der Waals surface area contributed by atoms with Gasteiger partial charge in [-0.3, -0.25) is 4.79 Å².